The fraction of sp³-hybridized carbons (Fsp3) is 0.385. The maximum atomic E-state index is 13.2. The van der Waals surface area contributed by atoms with E-state index in [4.69, 9.17) is 4.52 Å². The van der Waals surface area contributed by atoms with Crippen LogP contribution in [0.4, 0.5) is 4.39 Å². The average molecular weight is 280 g/mol. The Hall–Kier alpha value is -1.56. The summed E-state index contributed by atoms with van der Waals surface area (Å²) < 4.78 is 18.3. The number of benzene rings is 1. The second kappa shape index (κ2) is 5.21. The van der Waals surface area contributed by atoms with Crippen molar-refractivity contribution in [3.63, 3.8) is 0 Å². The Kier molecular flexibility index (Phi) is 3.42. The molecule has 1 aromatic carbocycles. The second-order valence-corrected chi connectivity index (χ2v) is 5.79. The van der Waals surface area contributed by atoms with Crippen LogP contribution < -0.4 is 0 Å². The van der Waals surface area contributed by atoms with E-state index >= 15 is 0 Å². The van der Waals surface area contributed by atoms with Crippen LogP contribution in [0.15, 0.2) is 22.7 Å². The van der Waals surface area contributed by atoms with Gasteiger partial charge in [0.1, 0.15) is 11.6 Å². The third-order valence-corrected chi connectivity index (χ3v) is 4.47. The first-order valence-electron chi connectivity index (χ1n) is 6.18. The number of hydrogen-bond acceptors (Lipinski definition) is 5. The van der Waals surface area contributed by atoms with Gasteiger partial charge in [-0.25, -0.2) is 4.39 Å². The highest BCUT2D eigenvalue weighted by Crippen LogP contribution is 2.38. The fourth-order valence-corrected chi connectivity index (χ4v) is 3.33. The first-order valence-corrected chi connectivity index (χ1v) is 7.23. The lowest BCUT2D eigenvalue weighted by molar-refractivity contribution is 0.414. The SMILES string of the molecule is Oc1ccc(F)cc1-c1nc(C2CCCCS2)no1. The Balaban J connectivity index is 1.89. The summed E-state index contributed by atoms with van der Waals surface area (Å²) in [6, 6.07) is 3.66. The van der Waals surface area contributed by atoms with Gasteiger partial charge in [-0.1, -0.05) is 11.6 Å². The molecule has 6 heteroatoms. The van der Waals surface area contributed by atoms with E-state index in [9.17, 15) is 9.50 Å². The Morgan fingerprint density at radius 3 is 3.05 bits per heavy atom. The molecule has 1 saturated heterocycles. The van der Waals surface area contributed by atoms with Gasteiger partial charge in [-0.15, -0.1) is 0 Å². The molecule has 1 aliphatic heterocycles. The van der Waals surface area contributed by atoms with Crippen molar-refractivity contribution >= 4 is 11.8 Å². The van der Waals surface area contributed by atoms with Crippen LogP contribution in [0, 0.1) is 5.82 Å². The molecule has 19 heavy (non-hydrogen) atoms. The topological polar surface area (TPSA) is 59.2 Å². The largest absolute Gasteiger partial charge is 0.507 e. The predicted molar refractivity (Wildman–Crippen MR) is 70.4 cm³/mol. The van der Waals surface area contributed by atoms with Crippen molar-refractivity contribution in [2.45, 2.75) is 24.5 Å². The number of phenols is 1. The molecular formula is C13H13FN2O2S. The van der Waals surface area contributed by atoms with Gasteiger partial charge in [0.15, 0.2) is 5.82 Å². The second-order valence-electron chi connectivity index (χ2n) is 4.47. The number of nitrogens with zero attached hydrogens (tertiary/aromatic N) is 2. The standard InChI is InChI=1S/C13H13FN2O2S/c14-8-4-5-10(17)9(7-8)13-15-12(16-18-13)11-3-1-2-6-19-11/h4-5,7,11,17H,1-3,6H2. The van der Waals surface area contributed by atoms with Gasteiger partial charge in [-0.2, -0.15) is 16.7 Å². The van der Waals surface area contributed by atoms with E-state index in [0.717, 1.165) is 18.6 Å². The number of aromatic nitrogens is 2. The van der Waals surface area contributed by atoms with Gasteiger partial charge in [0.25, 0.3) is 5.89 Å². The van der Waals surface area contributed by atoms with E-state index in [0.29, 0.717) is 5.82 Å². The van der Waals surface area contributed by atoms with Crippen LogP contribution in [-0.4, -0.2) is 21.0 Å². The molecule has 100 valence electrons. The van der Waals surface area contributed by atoms with Crippen molar-refractivity contribution in [1.82, 2.24) is 10.1 Å². The minimum Gasteiger partial charge on any atom is -0.507 e. The molecule has 1 atom stereocenters. The summed E-state index contributed by atoms with van der Waals surface area (Å²) in [5.74, 6) is 1.38. The normalized spacial score (nSPS) is 19.5. The van der Waals surface area contributed by atoms with Crippen LogP contribution in [0.2, 0.25) is 0 Å². The molecule has 0 aliphatic carbocycles. The Labute approximate surface area is 114 Å². The number of hydrogen-bond donors (Lipinski definition) is 1. The molecule has 0 bridgehead atoms. The van der Waals surface area contributed by atoms with Gasteiger partial charge in [0.05, 0.1) is 10.8 Å². The minimum absolute atomic E-state index is 0.0621. The van der Waals surface area contributed by atoms with Gasteiger partial charge < -0.3 is 9.63 Å². The van der Waals surface area contributed by atoms with Crippen LogP contribution >= 0.6 is 11.8 Å². The third-order valence-electron chi connectivity index (χ3n) is 3.10. The summed E-state index contributed by atoms with van der Waals surface area (Å²) in [5.41, 5.74) is 0.236. The first kappa shape index (κ1) is 12.5. The molecule has 1 aliphatic rings. The van der Waals surface area contributed by atoms with E-state index in [2.05, 4.69) is 10.1 Å². The molecule has 2 heterocycles. The fourth-order valence-electron chi connectivity index (χ4n) is 2.10. The molecular weight excluding hydrogens is 267 g/mol. The molecule has 1 unspecified atom stereocenters. The summed E-state index contributed by atoms with van der Waals surface area (Å²) >= 11 is 1.81. The lowest BCUT2D eigenvalue weighted by Crippen LogP contribution is -2.03. The molecule has 0 saturated carbocycles. The van der Waals surface area contributed by atoms with Crippen LogP contribution in [0.1, 0.15) is 30.3 Å². The van der Waals surface area contributed by atoms with Crippen molar-refractivity contribution in [2.24, 2.45) is 0 Å². The molecule has 4 nitrogen and oxygen atoms in total. The maximum absolute atomic E-state index is 13.2. The molecule has 1 N–H and O–H groups in total. The van der Waals surface area contributed by atoms with Crippen molar-refractivity contribution in [3.05, 3.63) is 29.8 Å². The average Bonchev–Trinajstić information content (AvgIpc) is 2.92. The number of phenolic OH excluding ortho intramolecular Hbond substituents is 1. The van der Waals surface area contributed by atoms with Gasteiger partial charge in [-0.3, -0.25) is 0 Å². The van der Waals surface area contributed by atoms with Gasteiger partial charge in [-0.05, 0) is 36.8 Å². The lowest BCUT2D eigenvalue weighted by Gasteiger charge is -2.17. The van der Waals surface area contributed by atoms with Gasteiger partial charge in [0.2, 0.25) is 0 Å². The van der Waals surface area contributed by atoms with Crippen molar-refractivity contribution < 1.29 is 14.0 Å². The summed E-state index contributed by atoms with van der Waals surface area (Å²) in [7, 11) is 0. The zero-order valence-electron chi connectivity index (χ0n) is 10.2. The number of halogens is 1. The highest BCUT2D eigenvalue weighted by Gasteiger charge is 2.22. The summed E-state index contributed by atoms with van der Waals surface area (Å²) in [5, 5.41) is 13.9. The monoisotopic (exact) mass is 280 g/mol. The van der Waals surface area contributed by atoms with Crippen LogP contribution in [0.3, 0.4) is 0 Å². The van der Waals surface area contributed by atoms with E-state index in [1.54, 1.807) is 0 Å². The summed E-state index contributed by atoms with van der Waals surface area (Å²) in [6.07, 6.45) is 3.40. The van der Waals surface area contributed by atoms with Crippen LogP contribution in [0.25, 0.3) is 11.5 Å². The van der Waals surface area contributed by atoms with Crippen molar-refractivity contribution in [2.75, 3.05) is 5.75 Å². The highest BCUT2D eigenvalue weighted by atomic mass is 32.2. The molecule has 2 aromatic rings. The van der Waals surface area contributed by atoms with E-state index in [-0.39, 0.29) is 22.5 Å². The Morgan fingerprint density at radius 2 is 2.26 bits per heavy atom. The molecule has 0 radical (unpaired) electrons. The van der Waals surface area contributed by atoms with Crippen LogP contribution in [-0.2, 0) is 0 Å². The number of aromatic hydroxyl groups is 1. The lowest BCUT2D eigenvalue weighted by atomic mass is 10.2. The third kappa shape index (κ3) is 2.58. The number of thioether (sulfide) groups is 1. The van der Waals surface area contributed by atoms with E-state index in [1.807, 2.05) is 11.8 Å². The molecule has 3 rings (SSSR count). The van der Waals surface area contributed by atoms with Crippen molar-refractivity contribution in [1.29, 1.82) is 0 Å². The number of rotatable bonds is 2. The highest BCUT2D eigenvalue weighted by molar-refractivity contribution is 7.99. The molecule has 0 spiro atoms. The van der Waals surface area contributed by atoms with Gasteiger partial charge in [0, 0.05) is 0 Å². The van der Waals surface area contributed by atoms with Crippen LogP contribution in [0.5, 0.6) is 5.75 Å². The predicted octanol–water partition coefficient (Wildman–Crippen LogP) is 3.54. The molecule has 1 aromatic heterocycles. The minimum atomic E-state index is -0.445. The van der Waals surface area contributed by atoms with E-state index in [1.165, 1.54) is 24.6 Å². The maximum Gasteiger partial charge on any atom is 0.261 e. The quantitative estimate of drug-likeness (QED) is 0.911. The zero-order valence-corrected chi connectivity index (χ0v) is 11.0. The van der Waals surface area contributed by atoms with E-state index < -0.39 is 5.82 Å². The smallest absolute Gasteiger partial charge is 0.261 e. The molecule has 0 amide bonds. The summed E-state index contributed by atoms with van der Waals surface area (Å²) in [6.45, 7) is 0. The Bertz CT molecular complexity index is 582. The molecule has 1 fully saturated rings. The Morgan fingerprint density at radius 1 is 1.37 bits per heavy atom. The van der Waals surface area contributed by atoms with Gasteiger partial charge >= 0.3 is 0 Å². The zero-order chi connectivity index (χ0) is 13.2. The van der Waals surface area contributed by atoms with Crippen molar-refractivity contribution in [3.8, 4) is 17.2 Å². The summed E-state index contributed by atoms with van der Waals surface area (Å²) in [4.78, 5) is 4.28. The first-order chi connectivity index (χ1) is 9.24.